The third-order valence-corrected chi connectivity index (χ3v) is 4.92. The highest BCUT2D eigenvalue weighted by Crippen LogP contribution is 2.46. The summed E-state index contributed by atoms with van der Waals surface area (Å²) >= 11 is 11.7. The van der Waals surface area contributed by atoms with Gasteiger partial charge in [-0.1, -0.05) is 53.5 Å². The molecular weight excluding hydrogens is 437 g/mol. The van der Waals surface area contributed by atoms with Gasteiger partial charge in [-0.3, -0.25) is 0 Å². The molecule has 0 spiro atoms. The van der Waals surface area contributed by atoms with Crippen molar-refractivity contribution in [3.63, 3.8) is 0 Å². The van der Waals surface area contributed by atoms with Gasteiger partial charge in [0, 0.05) is 16.0 Å². The SMILES string of the molecule is FC(F)(F)c1cccc(C(F)(F)F)c1C(c1ccc(Cl)cc1)c1ccc(Cl)cc1. The van der Waals surface area contributed by atoms with E-state index in [-0.39, 0.29) is 11.1 Å². The molecule has 0 aromatic heterocycles. The first-order chi connectivity index (χ1) is 13.5. The molecule has 0 heterocycles. The summed E-state index contributed by atoms with van der Waals surface area (Å²) in [4.78, 5) is 0. The molecule has 0 bridgehead atoms. The van der Waals surface area contributed by atoms with Gasteiger partial charge in [-0.2, -0.15) is 26.3 Å². The summed E-state index contributed by atoms with van der Waals surface area (Å²) < 4.78 is 82.4. The van der Waals surface area contributed by atoms with Crippen molar-refractivity contribution in [3.8, 4) is 0 Å². The lowest BCUT2D eigenvalue weighted by atomic mass is 9.80. The third kappa shape index (κ3) is 4.70. The van der Waals surface area contributed by atoms with E-state index in [1.165, 1.54) is 48.5 Å². The van der Waals surface area contributed by atoms with Crippen molar-refractivity contribution in [2.75, 3.05) is 0 Å². The quantitative estimate of drug-likeness (QED) is 0.279. The predicted octanol–water partition coefficient (Wildman–Crippen LogP) is 8.21. The van der Waals surface area contributed by atoms with Crippen molar-refractivity contribution in [2.24, 2.45) is 0 Å². The van der Waals surface area contributed by atoms with Crippen LogP contribution in [0.5, 0.6) is 0 Å². The van der Waals surface area contributed by atoms with Crippen molar-refractivity contribution < 1.29 is 26.3 Å². The van der Waals surface area contributed by atoms with Crippen molar-refractivity contribution in [1.29, 1.82) is 0 Å². The minimum Gasteiger partial charge on any atom is -0.166 e. The molecule has 0 unspecified atom stereocenters. The molecule has 152 valence electrons. The zero-order chi connectivity index (χ0) is 21.4. The lowest BCUT2D eigenvalue weighted by molar-refractivity contribution is -0.144. The van der Waals surface area contributed by atoms with Crippen LogP contribution in [0.2, 0.25) is 10.0 Å². The van der Waals surface area contributed by atoms with Crippen LogP contribution >= 0.6 is 23.2 Å². The van der Waals surface area contributed by atoms with E-state index in [0.29, 0.717) is 22.2 Å². The molecular formula is C21H12Cl2F6. The summed E-state index contributed by atoms with van der Waals surface area (Å²) in [5.74, 6) is -1.33. The Bertz CT molecular complexity index is 912. The summed E-state index contributed by atoms with van der Waals surface area (Å²) in [7, 11) is 0. The highest BCUT2D eigenvalue weighted by Gasteiger charge is 2.43. The monoisotopic (exact) mass is 448 g/mol. The van der Waals surface area contributed by atoms with Gasteiger partial charge in [-0.15, -0.1) is 0 Å². The van der Waals surface area contributed by atoms with Crippen LogP contribution in [0.25, 0.3) is 0 Å². The first kappa shape index (κ1) is 21.5. The second-order valence-electron chi connectivity index (χ2n) is 6.30. The van der Waals surface area contributed by atoms with Gasteiger partial charge in [0.1, 0.15) is 0 Å². The molecule has 0 saturated carbocycles. The van der Waals surface area contributed by atoms with E-state index in [1.54, 1.807) is 0 Å². The molecule has 0 N–H and O–H groups in total. The van der Waals surface area contributed by atoms with Crippen LogP contribution in [0.3, 0.4) is 0 Å². The minimum absolute atomic E-state index is 0.235. The summed E-state index contributed by atoms with van der Waals surface area (Å²) in [6.45, 7) is 0. The van der Waals surface area contributed by atoms with Crippen molar-refractivity contribution in [3.05, 3.63) is 105 Å². The Kier molecular flexibility index (Phi) is 5.88. The zero-order valence-corrected chi connectivity index (χ0v) is 16.0. The van der Waals surface area contributed by atoms with Gasteiger partial charge in [0.15, 0.2) is 0 Å². The predicted molar refractivity (Wildman–Crippen MR) is 100 cm³/mol. The smallest absolute Gasteiger partial charge is 0.166 e. The molecule has 0 amide bonds. The van der Waals surface area contributed by atoms with E-state index >= 15 is 0 Å². The molecule has 3 aromatic rings. The van der Waals surface area contributed by atoms with Crippen LogP contribution in [-0.2, 0) is 12.4 Å². The van der Waals surface area contributed by atoms with E-state index in [2.05, 4.69) is 0 Å². The fourth-order valence-corrected chi connectivity index (χ4v) is 3.46. The van der Waals surface area contributed by atoms with Gasteiger partial charge in [0.05, 0.1) is 11.1 Å². The molecule has 0 aliphatic rings. The molecule has 0 nitrogen and oxygen atoms in total. The lowest BCUT2D eigenvalue weighted by Crippen LogP contribution is -2.20. The van der Waals surface area contributed by atoms with E-state index in [0.717, 1.165) is 6.07 Å². The molecule has 3 aromatic carbocycles. The molecule has 0 radical (unpaired) electrons. The largest absolute Gasteiger partial charge is 0.416 e. The summed E-state index contributed by atoms with van der Waals surface area (Å²) in [5.41, 5.74) is -3.08. The Morgan fingerprint density at radius 1 is 0.552 bits per heavy atom. The fraction of sp³-hybridized carbons (Fsp3) is 0.143. The van der Waals surface area contributed by atoms with Gasteiger partial charge >= 0.3 is 12.4 Å². The number of benzene rings is 3. The third-order valence-electron chi connectivity index (χ3n) is 4.41. The van der Waals surface area contributed by atoms with Crippen LogP contribution in [-0.4, -0.2) is 0 Å². The first-order valence-electron chi connectivity index (χ1n) is 8.26. The number of halogens is 8. The number of alkyl halides is 6. The van der Waals surface area contributed by atoms with Crippen LogP contribution in [0.15, 0.2) is 66.7 Å². The standard InChI is InChI=1S/C21H12Cl2F6/c22-14-8-4-12(5-9-14)18(13-6-10-15(23)11-7-13)19-16(20(24,25)26)2-1-3-17(19)21(27,28)29/h1-11,18H. The van der Waals surface area contributed by atoms with E-state index < -0.39 is 35.0 Å². The molecule has 0 atom stereocenters. The number of rotatable bonds is 3. The fourth-order valence-electron chi connectivity index (χ4n) is 3.21. The topological polar surface area (TPSA) is 0 Å². The Morgan fingerprint density at radius 3 is 1.21 bits per heavy atom. The zero-order valence-electron chi connectivity index (χ0n) is 14.5. The van der Waals surface area contributed by atoms with Crippen molar-refractivity contribution in [2.45, 2.75) is 18.3 Å². The first-order valence-corrected chi connectivity index (χ1v) is 9.02. The van der Waals surface area contributed by atoms with E-state index in [9.17, 15) is 26.3 Å². The highest BCUT2D eigenvalue weighted by atomic mass is 35.5. The lowest BCUT2D eigenvalue weighted by Gasteiger charge is -2.26. The molecule has 8 heteroatoms. The van der Waals surface area contributed by atoms with Gasteiger partial charge in [-0.05, 0) is 53.1 Å². The normalized spacial score (nSPS) is 12.4. The van der Waals surface area contributed by atoms with Crippen LogP contribution < -0.4 is 0 Å². The molecule has 3 rings (SSSR count). The average molecular weight is 449 g/mol. The minimum atomic E-state index is -4.98. The Labute approximate surface area is 172 Å². The maximum Gasteiger partial charge on any atom is 0.416 e. The van der Waals surface area contributed by atoms with Gasteiger partial charge in [0.2, 0.25) is 0 Å². The van der Waals surface area contributed by atoms with Crippen molar-refractivity contribution >= 4 is 23.2 Å². The average Bonchev–Trinajstić information content (AvgIpc) is 2.63. The molecule has 0 aliphatic carbocycles. The molecule has 0 aliphatic heterocycles. The van der Waals surface area contributed by atoms with Crippen molar-refractivity contribution in [1.82, 2.24) is 0 Å². The molecule has 0 fully saturated rings. The van der Waals surface area contributed by atoms with Gasteiger partial charge < -0.3 is 0 Å². The molecule has 0 saturated heterocycles. The summed E-state index contributed by atoms with van der Waals surface area (Å²) in [6, 6.07) is 13.4. The summed E-state index contributed by atoms with van der Waals surface area (Å²) in [5, 5.41) is 0.618. The summed E-state index contributed by atoms with van der Waals surface area (Å²) in [6.07, 6.45) is -9.96. The van der Waals surface area contributed by atoms with E-state index in [4.69, 9.17) is 23.2 Å². The number of hydrogen-bond acceptors (Lipinski definition) is 0. The number of hydrogen-bond donors (Lipinski definition) is 0. The molecule has 29 heavy (non-hydrogen) atoms. The highest BCUT2D eigenvalue weighted by molar-refractivity contribution is 6.30. The second kappa shape index (κ2) is 7.92. The van der Waals surface area contributed by atoms with Gasteiger partial charge in [-0.25, -0.2) is 0 Å². The van der Waals surface area contributed by atoms with Crippen LogP contribution in [0.1, 0.15) is 33.7 Å². The second-order valence-corrected chi connectivity index (χ2v) is 7.17. The Hall–Kier alpha value is -2.18. The maximum absolute atomic E-state index is 13.7. The van der Waals surface area contributed by atoms with Crippen LogP contribution in [0.4, 0.5) is 26.3 Å². The Morgan fingerprint density at radius 2 is 0.897 bits per heavy atom. The van der Waals surface area contributed by atoms with Gasteiger partial charge in [0.25, 0.3) is 0 Å². The van der Waals surface area contributed by atoms with Crippen LogP contribution in [0, 0.1) is 0 Å². The van der Waals surface area contributed by atoms with E-state index in [1.807, 2.05) is 0 Å². The maximum atomic E-state index is 13.7. The Balaban J connectivity index is 2.39.